The van der Waals surface area contributed by atoms with Crippen molar-refractivity contribution < 1.29 is 9.47 Å². The first-order valence-corrected chi connectivity index (χ1v) is 6.55. The monoisotopic (exact) mass is 255 g/mol. The molecule has 0 saturated heterocycles. The third-order valence-corrected chi connectivity index (χ3v) is 3.48. The van der Waals surface area contributed by atoms with E-state index in [1.54, 1.807) is 13.3 Å². The lowest BCUT2D eigenvalue weighted by Gasteiger charge is -2.25. The van der Waals surface area contributed by atoms with Gasteiger partial charge < -0.3 is 9.47 Å². The lowest BCUT2D eigenvalue weighted by Crippen LogP contribution is -2.23. The predicted octanol–water partition coefficient (Wildman–Crippen LogP) is 2.88. The van der Waals surface area contributed by atoms with Crippen molar-refractivity contribution in [2.45, 2.75) is 12.8 Å². The smallest absolute Gasteiger partial charge is 0.122 e. The number of rotatable bonds is 3. The Labute approximate surface area is 113 Å². The fraction of sp³-hybridized carbons (Fsp3) is 0.312. The summed E-state index contributed by atoms with van der Waals surface area (Å²) in [6.07, 6.45) is 3.77. The highest BCUT2D eigenvalue weighted by molar-refractivity contribution is 5.35. The third kappa shape index (κ3) is 2.70. The van der Waals surface area contributed by atoms with Gasteiger partial charge in [0.2, 0.25) is 0 Å². The van der Waals surface area contributed by atoms with Gasteiger partial charge in [-0.1, -0.05) is 18.2 Å². The molecule has 3 heteroatoms. The second-order valence-corrected chi connectivity index (χ2v) is 4.88. The van der Waals surface area contributed by atoms with E-state index < -0.39 is 0 Å². The summed E-state index contributed by atoms with van der Waals surface area (Å²) in [6, 6.07) is 12.1. The van der Waals surface area contributed by atoms with Gasteiger partial charge in [0.05, 0.1) is 13.7 Å². The van der Waals surface area contributed by atoms with Crippen molar-refractivity contribution >= 4 is 0 Å². The Kier molecular flexibility index (Phi) is 3.36. The molecule has 0 N–H and O–H groups in total. The van der Waals surface area contributed by atoms with Crippen molar-refractivity contribution in [1.29, 1.82) is 0 Å². The van der Waals surface area contributed by atoms with Gasteiger partial charge in [-0.3, -0.25) is 4.98 Å². The number of benzene rings is 1. The lowest BCUT2D eigenvalue weighted by molar-refractivity contribution is 0.220. The summed E-state index contributed by atoms with van der Waals surface area (Å²) in [5, 5.41) is 0. The zero-order valence-electron chi connectivity index (χ0n) is 11.0. The van der Waals surface area contributed by atoms with E-state index in [1.807, 2.05) is 24.3 Å². The van der Waals surface area contributed by atoms with Crippen LogP contribution in [0.1, 0.15) is 11.3 Å². The molecule has 3 rings (SSSR count). The number of hydrogen-bond donors (Lipinski definition) is 0. The fourth-order valence-corrected chi connectivity index (χ4v) is 2.51. The van der Waals surface area contributed by atoms with Crippen molar-refractivity contribution in [2.75, 3.05) is 13.7 Å². The Hall–Kier alpha value is -2.03. The van der Waals surface area contributed by atoms with E-state index in [0.717, 1.165) is 36.6 Å². The molecule has 1 aliphatic heterocycles. The molecule has 0 fully saturated rings. The van der Waals surface area contributed by atoms with E-state index in [0.29, 0.717) is 5.92 Å². The van der Waals surface area contributed by atoms with E-state index in [-0.39, 0.29) is 0 Å². The fourth-order valence-electron chi connectivity index (χ4n) is 2.51. The number of aromatic nitrogens is 1. The first-order chi connectivity index (χ1) is 9.35. The minimum atomic E-state index is 0.481. The van der Waals surface area contributed by atoms with Crippen molar-refractivity contribution in [3.63, 3.8) is 0 Å². The van der Waals surface area contributed by atoms with Crippen LogP contribution in [-0.4, -0.2) is 18.7 Å². The van der Waals surface area contributed by atoms with Crippen LogP contribution in [0.25, 0.3) is 0 Å². The number of para-hydroxylation sites is 1. The highest BCUT2D eigenvalue weighted by Gasteiger charge is 2.20. The number of nitrogens with zero attached hydrogens (tertiary/aromatic N) is 1. The molecule has 0 spiro atoms. The minimum absolute atomic E-state index is 0.481. The standard InChI is InChI=1S/C16H17NO2/c1-18-15-6-7-17-14(10-15)9-12-8-13-4-2-3-5-16(13)19-11-12/h2-7,10,12H,8-9,11H2,1H3/t12-/m1/s1. The normalized spacial score (nSPS) is 17.4. The molecule has 0 saturated carbocycles. The summed E-state index contributed by atoms with van der Waals surface area (Å²) >= 11 is 0. The number of hydrogen-bond acceptors (Lipinski definition) is 3. The van der Waals surface area contributed by atoms with Gasteiger partial charge in [-0.05, 0) is 30.5 Å². The summed E-state index contributed by atoms with van der Waals surface area (Å²) in [5.74, 6) is 2.37. The molecular weight excluding hydrogens is 238 g/mol. The lowest BCUT2D eigenvalue weighted by atomic mass is 9.92. The maximum Gasteiger partial charge on any atom is 0.122 e. The van der Waals surface area contributed by atoms with Crippen molar-refractivity contribution in [3.8, 4) is 11.5 Å². The maximum absolute atomic E-state index is 5.81. The van der Waals surface area contributed by atoms with Crippen LogP contribution >= 0.6 is 0 Å². The van der Waals surface area contributed by atoms with Crippen molar-refractivity contribution in [2.24, 2.45) is 5.92 Å². The zero-order valence-corrected chi connectivity index (χ0v) is 11.0. The molecule has 98 valence electrons. The molecule has 3 nitrogen and oxygen atoms in total. The van der Waals surface area contributed by atoms with E-state index in [1.165, 1.54) is 5.56 Å². The number of ether oxygens (including phenoxy) is 2. The highest BCUT2D eigenvalue weighted by atomic mass is 16.5. The van der Waals surface area contributed by atoms with E-state index >= 15 is 0 Å². The molecule has 1 aromatic heterocycles. The molecule has 1 aliphatic rings. The average Bonchev–Trinajstić information content (AvgIpc) is 2.47. The van der Waals surface area contributed by atoms with Gasteiger partial charge in [-0.2, -0.15) is 0 Å². The molecule has 0 aliphatic carbocycles. The first-order valence-electron chi connectivity index (χ1n) is 6.55. The third-order valence-electron chi connectivity index (χ3n) is 3.48. The predicted molar refractivity (Wildman–Crippen MR) is 73.6 cm³/mol. The van der Waals surface area contributed by atoms with Gasteiger partial charge in [0.1, 0.15) is 11.5 Å². The zero-order chi connectivity index (χ0) is 13.1. The molecule has 19 heavy (non-hydrogen) atoms. The highest BCUT2D eigenvalue weighted by Crippen LogP contribution is 2.28. The van der Waals surface area contributed by atoms with Gasteiger partial charge in [-0.25, -0.2) is 0 Å². The Morgan fingerprint density at radius 2 is 2.21 bits per heavy atom. The number of pyridine rings is 1. The Bertz CT molecular complexity index is 568. The second-order valence-electron chi connectivity index (χ2n) is 4.88. The second kappa shape index (κ2) is 5.31. The maximum atomic E-state index is 5.81. The molecule has 0 unspecified atom stereocenters. The van der Waals surface area contributed by atoms with Gasteiger partial charge in [0, 0.05) is 23.9 Å². The van der Waals surface area contributed by atoms with Crippen LogP contribution < -0.4 is 9.47 Å². The van der Waals surface area contributed by atoms with Crippen LogP contribution in [0.2, 0.25) is 0 Å². The molecule has 0 amide bonds. The molecule has 0 radical (unpaired) electrons. The first kappa shape index (κ1) is 12.0. The van der Waals surface area contributed by atoms with E-state index in [9.17, 15) is 0 Å². The molecular formula is C16H17NO2. The Balaban J connectivity index is 1.71. The van der Waals surface area contributed by atoms with Gasteiger partial charge >= 0.3 is 0 Å². The molecule has 0 bridgehead atoms. The van der Waals surface area contributed by atoms with Crippen molar-refractivity contribution in [3.05, 3.63) is 53.9 Å². The van der Waals surface area contributed by atoms with E-state index in [4.69, 9.17) is 9.47 Å². The van der Waals surface area contributed by atoms with Crippen LogP contribution in [0.3, 0.4) is 0 Å². The molecule has 1 aromatic carbocycles. The number of methoxy groups -OCH3 is 1. The van der Waals surface area contributed by atoms with Crippen LogP contribution in [0.5, 0.6) is 11.5 Å². The van der Waals surface area contributed by atoms with Crippen LogP contribution in [0.4, 0.5) is 0 Å². The van der Waals surface area contributed by atoms with Gasteiger partial charge in [-0.15, -0.1) is 0 Å². The average molecular weight is 255 g/mol. The quantitative estimate of drug-likeness (QED) is 0.845. The summed E-state index contributed by atoms with van der Waals surface area (Å²) in [7, 11) is 1.68. The SMILES string of the molecule is COc1ccnc(C[C@@H]2COc3ccccc3C2)c1. The van der Waals surface area contributed by atoms with Gasteiger partial charge in [0.15, 0.2) is 0 Å². The Morgan fingerprint density at radius 3 is 3.11 bits per heavy atom. The summed E-state index contributed by atoms with van der Waals surface area (Å²) in [5.41, 5.74) is 2.36. The topological polar surface area (TPSA) is 31.4 Å². The Morgan fingerprint density at radius 1 is 1.32 bits per heavy atom. The molecule has 1 atom stereocenters. The molecule has 2 heterocycles. The summed E-state index contributed by atoms with van der Waals surface area (Å²) in [4.78, 5) is 4.40. The van der Waals surface area contributed by atoms with Gasteiger partial charge in [0.25, 0.3) is 0 Å². The molecule has 2 aromatic rings. The summed E-state index contributed by atoms with van der Waals surface area (Å²) < 4.78 is 11.0. The number of fused-ring (bicyclic) bond motifs is 1. The van der Waals surface area contributed by atoms with Crippen LogP contribution in [0.15, 0.2) is 42.6 Å². The largest absolute Gasteiger partial charge is 0.497 e. The summed E-state index contributed by atoms with van der Waals surface area (Å²) in [6.45, 7) is 0.760. The van der Waals surface area contributed by atoms with Crippen LogP contribution in [-0.2, 0) is 12.8 Å². The van der Waals surface area contributed by atoms with Crippen LogP contribution in [0, 0.1) is 5.92 Å². The van der Waals surface area contributed by atoms with E-state index in [2.05, 4.69) is 17.1 Å². The van der Waals surface area contributed by atoms with Crippen molar-refractivity contribution in [1.82, 2.24) is 4.98 Å². The minimum Gasteiger partial charge on any atom is -0.497 e.